The number of aromatic nitrogens is 1. The van der Waals surface area contributed by atoms with Crippen molar-refractivity contribution in [1.82, 2.24) is 4.98 Å². The average Bonchev–Trinajstić information content (AvgIpc) is 2.59. The number of nitrogens with zero attached hydrogens (tertiary/aromatic N) is 1. The van der Waals surface area contributed by atoms with Gasteiger partial charge in [0.15, 0.2) is 5.78 Å². The van der Waals surface area contributed by atoms with E-state index in [0.29, 0.717) is 6.42 Å². The second-order valence-corrected chi connectivity index (χ2v) is 4.62. The number of carbonyl (C=O) groups excluding carboxylic acids is 1. The van der Waals surface area contributed by atoms with Crippen molar-refractivity contribution in [2.24, 2.45) is 5.73 Å². The van der Waals surface area contributed by atoms with Crippen molar-refractivity contribution >= 4 is 27.3 Å². The van der Waals surface area contributed by atoms with Gasteiger partial charge in [0.2, 0.25) is 0 Å². The number of para-hydroxylation sites is 1. The summed E-state index contributed by atoms with van der Waals surface area (Å²) < 4.78 is 1.12. The number of benzene rings is 1. The Balaban J connectivity index is 2.26. The summed E-state index contributed by atoms with van der Waals surface area (Å²) in [6.45, 7) is 1.70. The third kappa shape index (κ3) is 2.22. The molecule has 1 aromatic heterocycles. The molecule has 1 aromatic carbocycles. The minimum absolute atomic E-state index is 0.0362. The van der Waals surface area contributed by atoms with E-state index in [2.05, 4.69) is 4.98 Å². The summed E-state index contributed by atoms with van der Waals surface area (Å²) in [5, 5.41) is 0.846. The maximum absolute atomic E-state index is 11.4. The zero-order valence-corrected chi connectivity index (χ0v) is 9.25. The topological polar surface area (TPSA) is 56.0 Å². The maximum atomic E-state index is 11.4. The van der Waals surface area contributed by atoms with Gasteiger partial charge < -0.3 is 5.73 Å². The predicted octanol–water partition coefficient (Wildman–Crippen LogP) is 1.76. The molecule has 1 unspecified atom stereocenters. The van der Waals surface area contributed by atoms with Gasteiger partial charge in [-0.3, -0.25) is 4.79 Å². The van der Waals surface area contributed by atoms with Gasteiger partial charge in [0.1, 0.15) is 5.01 Å². The van der Waals surface area contributed by atoms with Gasteiger partial charge in [0.25, 0.3) is 0 Å². The molecule has 15 heavy (non-hydrogen) atoms. The van der Waals surface area contributed by atoms with E-state index in [0.717, 1.165) is 15.2 Å². The molecule has 0 spiro atoms. The van der Waals surface area contributed by atoms with E-state index in [-0.39, 0.29) is 5.78 Å². The van der Waals surface area contributed by atoms with Crippen molar-refractivity contribution in [2.75, 3.05) is 0 Å². The molecule has 0 aliphatic carbocycles. The summed E-state index contributed by atoms with van der Waals surface area (Å²) in [4.78, 5) is 15.8. The molecule has 0 radical (unpaired) electrons. The summed E-state index contributed by atoms with van der Waals surface area (Å²) in [5.74, 6) is 0.0362. The first-order valence-corrected chi connectivity index (χ1v) is 5.61. The summed E-state index contributed by atoms with van der Waals surface area (Å²) in [5.41, 5.74) is 6.46. The van der Waals surface area contributed by atoms with Crippen LogP contribution in [0.4, 0.5) is 0 Å². The lowest BCUT2D eigenvalue weighted by molar-refractivity contribution is -0.119. The minimum atomic E-state index is -0.406. The van der Waals surface area contributed by atoms with E-state index in [9.17, 15) is 4.79 Å². The molecule has 0 amide bonds. The number of thiazole rings is 1. The Bertz CT molecular complexity index is 457. The predicted molar refractivity (Wildman–Crippen MR) is 62.0 cm³/mol. The number of hydrogen-bond acceptors (Lipinski definition) is 4. The molecule has 0 saturated heterocycles. The van der Waals surface area contributed by atoms with E-state index >= 15 is 0 Å². The van der Waals surface area contributed by atoms with Gasteiger partial charge >= 0.3 is 0 Å². The Morgan fingerprint density at radius 2 is 2.27 bits per heavy atom. The fraction of sp³-hybridized carbons (Fsp3) is 0.273. The van der Waals surface area contributed by atoms with Crippen LogP contribution in [0, 0.1) is 0 Å². The van der Waals surface area contributed by atoms with Crippen molar-refractivity contribution in [2.45, 2.75) is 19.4 Å². The third-order valence-electron chi connectivity index (χ3n) is 2.17. The lowest BCUT2D eigenvalue weighted by atomic mass is 10.2. The van der Waals surface area contributed by atoms with E-state index in [4.69, 9.17) is 5.73 Å². The van der Waals surface area contributed by atoms with Crippen molar-refractivity contribution in [1.29, 1.82) is 0 Å². The highest BCUT2D eigenvalue weighted by Crippen LogP contribution is 2.21. The van der Waals surface area contributed by atoms with Crippen LogP contribution in [0.25, 0.3) is 10.2 Å². The molecular weight excluding hydrogens is 208 g/mol. The Labute approximate surface area is 91.9 Å². The number of nitrogens with two attached hydrogens (primary N) is 1. The average molecular weight is 220 g/mol. The molecule has 4 heteroatoms. The normalized spacial score (nSPS) is 12.9. The van der Waals surface area contributed by atoms with Crippen LogP contribution in [-0.2, 0) is 11.2 Å². The van der Waals surface area contributed by atoms with Crippen LogP contribution in [0.1, 0.15) is 11.9 Å². The molecule has 78 valence electrons. The largest absolute Gasteiger partial charge is 0.322 e. The van der Waals surface area contributed by atoms with E-state index in [1.807, 2.05) is 24.3 Å². The van der Waals surface area contributed by atoms with Gasteiger partial charge in [-0.05, 0) is 19.1 Å². The van der Waals surface area contributed by atoms with E-state index in [1.54, 1.807) is 18.3 Å². The van der Waals surface area contributed by atoms with Crippen LogP contribution in [0.5, 0.6) is 0 Å². The van der Waals surface area contributed by atoms with Crippen LogP contribution in [0.15, 0.2) is 24.3 Å². The third-order valence-corrected chi connectivity index (χ3v) is 3.21. The smallest absolute Gasteiger partial charge is 0.156 e. The maximum Gasteiger partial charge on any atom is 0.156 e. The SMILES string of the molecule is CC(N)C(=O)Cc1nc2ccccc2s1. The number of fused-ring (bicyclic) bond motifs is 1. The van der Waals surface area contributed by atoms with Gasteiger partial charge in [-0.2, -0.15) is 0 Å². The fourth-order valence-corrected chi connectivity index (χ4v) is 2.28. The highest BCUT2D eigenvalue weighted by Gasteiger charge is 2.11. The molecule has 0 fully saturated rings. The number of ketones is 1. The van der Waals surface area contributed by atoms with Crippen LogP contribution in [-0.4, -0.2) is 16.8 Å². The van der Waals surface area contributed by atoms with E-state index < -0.39 is 6.04 Å². The first-order chi connectivity index (χ1) is 7.16. The van der Waals surface area contributed by atoms with Crippen LogP contribution >= 0.6 is 11.3 Å². The molecule has 2 aromatic rings. The Hall–Kier alpha value is -1.26. The molecule has 0 aliphatic rings. The van der Waals surface area contributed by atoms with Gasteiger partial charge in [0, 0.05) is 0 Å². The van der Waals surface area contributed by atoms with Crippen LogP contribution in [0.2, 0.25) is 0 Å². The molecule has 1 atom stereocenters. The monoisotopic (exact) mass is 220 g/mol. The second kappa shape index (κ2) is 4.08. The van der Waals surface area contributed by atoms with Crippen LogP contribution in [0.3, 0.4) is 0 Å². The van der Waals surface area contributed by atoms with Gasteiger partial charge in [-0.15, -0.1) is 11.3 Å². The van der Waals surface area contributed by atoms with Crippen LogP contribution < -0.4 is 5.73 Å². The van der Waals surface area contributed by atoms with Gasteiger partial charge in [-0.1, -0.05) is 12.1 Å². The standard InChI is InChI=1S/C11H12N2OS/c1-7(12)9(14)6-11-13-8-4-2-3-5-10(8)15-11/h2-5,7H,6,12H2,1H3. The highest BCUT2D eigenvalue weighted by molar-refractivity contribution is 7.18. The number of carbonyl (C=O) groups is 1. The summed E-state index contributed by atoms with van der Waals surface area (Å²) in [6, 6.07) is 7.46. The zero-order chi connectivity index (χ0) is 10.8. The number of rotatable bonds is 3. The van der Waals surface area contributed by atoms with Crippen molar-refractivity contribution in [3.8, 4) is 0 Å². The molecule has 0 bridgehead atoms. The lowest BCUT2D eigenvalue weighted by Gasteiger charge is -1.99. The summed E-state index contributed by atoms with van der Waals surface area (Å²) in [6.07, 6.45) is 0.344. The first kappa shape index (κ1) is 10.3. The molecule has 1 heterocycles. The van der Waals surface area contributed by atoms with E-state index in [1.165, 1.54) is 0 Å². The second-order valence-electron chi connectivity index (χ2n) is 3.51. The minimum Gasteiger partial charge on any atom is -0.322 e. The molecular formula is C11H12N2OS. The first-order valence-electron chi connectivity index (χ1n) is 4.79. The fourth-order valence-electron chi connectivity index (χ4n) is 1.31. The molecule has 2 N–H and O–H groups in total. The van der Waals surface area contributed by atoms with Crippen molar-refractivity contribution < 1.29 is 4.79 Å². The molecule has 2 rings (SSSR count). The van der Waals surface area contributed by atoms with Crippen molar-refractivity contribution in [3.63, 3.8) is 0 Å². The Morgan fingerprint density at radius 3 is 2.93 bits per heavy atom. The van der Waals surface area contributed by atoms with Crippen molar-refractivity contribution in [3.05, 3.63) is 29.3 Å². The number of Topliss-reactive ketones (excluding diaryl/α,β-unsaturated/α-hetero) is 1. The van der Waals surface area contributed by atoms with Gasteiger partial charge in [-0.25, -0.2) is 4.98 Å². The van der Waals surface area contributed by atoms with Gasteiger partial charge in [0.05, 0.1) is 22.7 Å². The quantitative estimate of drug-likeness (QED) is 0.857. The highest BCUT2D eigenvalue weighted by atomic mass is 32.1. The molecule has 3 nitrogen and oxygen atoms in total. The Kier molecular flexibility index (Phi) is 2.79. The Morgan fingerprint density at radius 1 is 1.53 bits per heavy atom. The molecule has 0 aliphatic heterocycles. The number of hydrogen-bond donors (Lipinski definition) is 1. The summed E-state index contributed by atoms with van der Waals surface area (Å²) in [7, 11) is 0. The summed E-state index contributed by atoms with van der Waals surface area (Å²) >= 11 is 1.56. The zero-order valence-electron chi connectivity index (χ0n) is 8.43. The molecule has 0 saturated carbocycles. The lowest BCUT2D eigenvalue weighted by Crippen LogP contribution is -2.27.